The minimum absolute atomic E-state index is 0.0950. The molecule has 1 fully saturated rings. The highest BCUT2D eigenvalue weighted by Crippen LogP contribution is 2.38. The number of aromatic nitrogens is 4. The summed E-state index contributed by atoms with van der Waals surface area (Å²) in [6.45, 7) is -0.521. The van der Waals surface area contributed by atoms with Gasteiger partial charge in [0, 0.05) is 11.3 Å². The van der Waals surface area contributed by atoms with Crippen LogP contribution < -0.4 is 5.56 Å². The molecule has 3 rings (SSSR count). The number of aliphatic hydroxyl groups is 2. The summed E-state index contributed by atoms with van der Waals surface area (Å²) in [5.41, 5.74) is 6.64. The van der Waals surface area contributed by atoms with Gasteiger partial charge in [0.15, 0.2) is 16.9 Å². The van der Waals surface area contributed by atoms with E-state index >= 15 is 0 Å². The monoisotopic (exact) mass is 293 g/mol. The highest BCUT2D eigenvalue weighted by atomic mass is 16.5. The van der Waals surface area contributed by atoms with Crippen LogP contribution in [0.25, 0.3) is 21.6 Å². The molecule has 0 unspecified atom stereocenters. The van der Waals surface area contributed by atoms with Gasteiger partial charge in [0.2, 0.25) is 0 Å². The molecule has 21 heavy (non-hydrogen) atoms. The normalized spacial score (nSPS) is 28.7. The van der Waals surface area contributed by atoms with Crippen LogP contribution in [0.1, 0.15) is 12.6 Å². The molecule has 1 saturated heterocycles. The number of imidazole rings is 1. The van der Waals surface area contributed by atoms with E-state index in [9.17, 15) is 15.0 Å². The van der Waals surface area contributed by atoms with Gasteiger partial charge in [0.05, 0.1) is 19.3 Å². The molecule has 0 saturated carbocycles. The predicted octanol–water partition coefficient (Wildman–Crippen LogP) is -0.602. The number of H-pyrrole nitrogens is 1. The third-order valence-corrected chi connectivity index (χ3v) is 3.37. The Morgan fingerprint density at radius 3 is 3.19 bits per heavy atom. The van der Waals surface area contributed by atoms with Gasteiger partial charge in [-0.25, -0.2) is 9.97 Å². The molecule has 1 aliphatic rings. The number of fused-ring (bicyclic) bond motifs is 1. The van der Waals surface area contributed by atoms with Gasteiger partial charge in [-0.2, -0.15) is 0 Å². The average molecular weight is 293 g/mol. The van der Waals surface area contributed by atoms with Crippen molar-refractivity contribution in [1.82, 2.24) is 19.5 Å². The van der Waals surface area contributed by atoms with Crippen LogP contribution in [0, 0.1) is 0 Å². The quantitative estimate of drug-likeness (QED) is 0.388. The molecule has 11 nitrogen and oxygen atoms in total. The molecule has 2 aromatic heterocycles. The Kier molecular flexibility index (Phi) is 3.11. The molecule has 0 radical (unpaired) electrons. The van der Waals surface area contributed by atoms with Crippen molar-refractivity contribution in [1.29, 1.82) is 0 Å². The molecule has 11 heteroatoms. The molecule has 0 bridgehead atoms. The minimum atomic E-state index is -1.87. The van der Waals surface area contributed by atoms with E-state index < -0.39 is 30.2 Å². The SMILES string of the molecule is [N-]=[N+]=N[C@]1(O)C[C@H](n2cnc3c(=O)[nH]cnc32)O[C@@H]1CO. The third-order valence-electron chi connectivity index (χ3n) is 3.37. The fourth-order valence-corrected chi connectivity index (χ4v) is 2.34. The topological polar surface area (TPSA) is 162 Å². The second kappa shape index (κ2) is 4.82. The zero-order valence-corrected chi connectivity index (χ0v) is 10.6. The highest BCUT2D eigenvalue weighted by molar-refractivity contribution is 5.68. The van der Waals surface area contributed by atoms with Crippen LogP contribution in [-0.4, -0.2) is 48.2 Å². The Labute approximate surface area is 116 Å². The van der Waals surface area contributed by atoms with Crippen molar-refractivity contribution in [3.63, 3.8) is 0 Å². The molecule has 0 spiro atoms. The summed E-state index contributed by atoms with van der Waals surface area (Å²) in [6, 6.07) is 0. The molecule has 2 aromatic rings. The van der Waals surface area contributed by atoms with Crippen LogP contribution >= 0.6 is 0 Å². The van der Waals surface area contributed by atoms with E-state index in [1.54, 1.807) is 0 Å². The lowest BCUT2D eigenvalue weighted by molar-refractivity contribution is -0.0784. The van der Waals surface area contributed by atoms with Crippen molar-refractivity contribution in [2.45, 2.75) is 24.5 Å². The summed E-state index contributed by atoms with van der Waals surface area (Å²) in [6.07, 6.45) is 0.631. The summed E-state index contributed by atoms with van der Waals surface area (Å²) in [7, 11) is 0. The van der Waals surface area contributed by atoms with Crippen molar-refractivity contribution in [3.05, 3.63) is 33.5 Å². The van der Waals surface area contributed by atoms with Crippen LogP contribution in [-0.2, 0) is 4.74 Å². The van der Waals surface area contributed by atoms with Gasteiger partial charge in [-0.3, -0.25) is 9.36 Å². The van der Waals surface area contributed by atoms with Crippen LogP contribution in [0.4, 0.5) is 0 Å². The Morgan fingerprint density at radius 2 is 2.48 bits per heavy atom. The van der Waals surface area contributed by atoms with Gasteiger partial charge >= 0.3 is 0 Å². The molecule has 1 aliphatic heterocycles. The first-order chi connectivity index (χ1) is 10.1. The number of ether oxygens (including phenoxy) is 1. The van der Waals surface area contributed by atoms with Gasteiger partial charge in [0.25, 0.3) is 5.56 Å². The van der Waals surface area contributed by atoms with Gasteiger partial charge < -0.3 is 19.9 Å². The number of aliphatic hydroxyl groups excluding tert-OH is 1. The Morgan fingerprint density at radius 1 is 1.67 bits per heavy atom. The molecular weight excluding hydrogens is 282 g/mol. The predicted molar refractivity (Wildman–Crippen MR) is 67.9 cm³/mol. The molecular formula is C10H11N7O4. The number of hydrogen-bond donors (Lipinski definition) is 3. The number of rotatable bonds is 3. The van der Waals surface area contributed by atoms with Crippen molar-refractivity contribution in [2.75, 3.05) is 6.61 Å². The zero-order valence-electron chi connectivity index (χ0n) is 10.6. The van der Waals surface area contributed by atoms with E-state index in [2.05, 4.69) is 25.0 Å². The highest BCUT2D eigenvalue weighted by Gasteiger charge is 2.47. The second-order valence-corrected chi connectivity index (χ2v) is 4.59. The van der Waals surface area contributed by atoms with E-state index in [1.165, 1.54) is 17.2 Å². The van der Waals surface area contributed by atoms with Gasteiger partial charge in [0.1, 0.15) is 12.3 Å². The molecule has 3 atom stereocenters. The maximum absolute atomic E-state index is 11.6. The van der Waals surface area contributed by atoms with Gasteiger partial charge in [-0.05, 0) is 5.53 Å². The summed E-state index contributed by atoms with van der Waals surface area (Å²) in [4.78, 5) is 24.5. The van der Waals surface area contributed by atoms with Crippen LogP contribution in [0.3, 0.4) is 0 Å². The lowest BCUT2D eigenvalue weighted by Crippen LogP contribution is -2.38. The van der Waals surface area contributed by atoms with Crippen molar-refractivity contribution in [2.24, 2.45) is 5.11 Å². The maximum atomic E-state index is 11.6. The fraction of sp³-hybridized carbons (Fsp3) is 0.500. The first-order valence-electron chi connectivity index (χ1n) is 6.04. The van der Waals surface area contributed by atoms with Gasteiger partial charge in [-0.1, -0.05) is 5.11 Å². The van der Waals surface area contributed by atoms with E-state index in [-0.39, 0.29) is 17.6 Å². The summed E-state index contributed by atoms with van der Waals surface area (Å²) in [5, 5.41) is 22.8. The first-order valence-corrected chi connectivity index (χ1v) is 6.04. The average Bonchev–Trinajstić information content (AvgIpc) is 3.01. The molecule has 0 amide bonds. The largest absolute Gasteiger partial charge is 0.394 e. The number of aromatic amines is 1. The lowest BCUT2D eigenvalue weighted by atomic mass is 10.1. The van der Waals surface area contributed by atoms with Crippen molar-refractivity contribution >= 4 is 11.2 Å². The number of hydrogen-bond acceptors (Lipinski definition) is 7. The van der Waals surface area contributed by atoms with Crippen LogP contribution in [0.15, 0.2) is 22.6 Å². The smallest absolute Gasteiger partial charge is 0.278 e. The molecule has 0 aromatic carbocycles. The van der Waals surface area contributed by atoms with Crippen molar-refractivity contribution < 1.29 is 14.9 Å². The summed E-state index contributed by atoms with van der Waals surface area (Å²) in [5.74, 6) is 0. The van der Waals surface area contributed by atoms with Gasteiger partial charge in [-0.15, -0.1) is 0 Å². The van der Waals surface area contributed by atoms with E-state index in [4.69, 9.17) is 10.3 Å². The van der Waals surface area contributed by atoms with Crippen molar-refractivity contribution in [3.8, 4) is 0 Å². The lowest BCUT2D eigenvalue weighted by Gasteiger charge is -2.19. The van der Waals surface area contributed by atoms with Crippen LogP contribution in [0.2, 0.25) is 0 Å². The first kappa shape index (κ1) is 13.5. The Balaban J connectivity index is 2.03. The summed E-state index contributed by atoms with van der Waals surface area (Å²) >= 11 is 0. The van der Waals surface area contributed by atoms with E-state index in [0.29, 0.717) is 0 Å². The zero-order chi connectivity index (χ0) is 15.0. The summed E-state index contributed by atoms with van der Waals surface area (Å²) < 4.78 is 6.92. The van der Waals surface area contributed by atoms with E-state index in [1.807, 2.05) is 0 Å². The van der Waals surface area contributed by atoms with E-state index in [0.717, 1.165) is 0 Å². The second-order valence-electron chi connectivity index (χ2n) is 4.59. The standard InChI is InChI=1S/C10H11N7O4/c11-16-15-10(20)1-6(21-5(10)2-18)17-4-14-7-8(17)12-3-13-9(7)19/h3-6,18,20H,1-2H2,(H,12,13,19)/t5-,6-,10+/m1/s1. The minimum Gasteiger partial charge on any atom is -0.394 e. The third kappa shape index (κ3) is 2.04. The Hall–Kier alpha value is -2.46. The number of nitrogens with one attached hydrogen (secondary N) is 1. The molecule has 0 aliphatic carbocycles. The molecule has 3 heterocycles. The van der Waals surface area contributed by atoms with Crippen LogP contribution in [0.5, 0.6) is 0 Å². The number of azide groups is 1. The fourth-order valence-electron chi connectivity index (χ4n) is 2.34. The number of nitrogens with zero attached hydrogens (tertiary/aromatic N) is 6. The molecule has 110 valence electrons. The molecule has 3 N–H and O–H groups in total. The maximum Gasteiger partial charge on any atom is 0.278 e. The Bertz CT molecular complexity index is 779.